The van der Waals surface area contributed by atoms with Crippen molar-refractivity contribution in [2.75, 3.05) is 54.1 Å². The van der Waals surface area contributed by atoms with Gasteiger partial charge in [0.2, 0.25) is 5.95 Å². The Kier molecular flexibility index (Phi) is 9.64. The smallest absolute Gasteiger partial charge is 0.265 e. The number of likely N-dealkylation sites (N-methyl/N-ethyl adjacent to an activating group) is 1. The lowest BCUT2D eigenvalue weighted by molar-refractivity contribution is 0.472. The number of hydrogen-bond acceptors (Lipinski definition) is 10. The Balaban J connectivity index is 0.000000354. The molecule has 0 radical (unpaired) electrons. The highest BCUT2D eigenvalue weighted by atomic mass is 32.2. The number of nitrogens with zero attached hydrogens (tertiary/aromatic N) is 3. The molecule has 1 saturated heterocycles. The summed E-state index contributed by atoms with van der Waals surface area (Å²) in [6.07, 6.45) is 3.78. The first-order chi connectivity index (χ1) is 13.4. The summed E-state index contributed by atoms with van der Waals surface area (Å²) >= 11 is 0. The van der Waals surface area contributed by atoms with Gasteiger partial charge in [0.15, 0.2) is 0 Å². The molecule has 0 amide bonds. The van der Waals surface area contributed by atoms with Gasteiger partial charge < -0.3 is 26.7 Å². The van der Waals surface area contributed by atoms with Gasteiger partial charge in [-0.1, -0.05) is 0 Å². The molecule has 0 unspecified atom stereocenters. The molecular weight excluding hydrogens is 440 g/mol. The Labute approximate surface area is 176 Å². The number of hydrogen-bond donors (Lipinski definition) is 5. The van der Waals surface area contributed by atoms with E-state index in [1.54, 1.807) is 0 Å². The highest BCUT2D eigenvalue weighted by Gasteiger charge is 2.24. The second kappa shape index (κ2) is 11.0. The fourth-order valence-corrected chi connectivity index (χ4v) is 4.35. The van der Waals surface area contributed by atoms with Gasteiger partial charge in [-0.15, -0.1) is 0 Å². The van der Waals surface area contributed by atoms with E-state index < -0.39 is 31.7 Å². The highest BCUT2D eigenvalue weighted by molar-refractivity contribution is 7.89. The van der Waals surface area contributed by atoms with E-state index in [-0.39, 0.29) is 5.48 Å². The molecule has 0 spiro atoms. The summed E-state index contributed by atoms with van der Waals surface area (Å²) in [7, 11) is -6.59. The Morgan fingerprint density at radius 3 is 2.20 bits per heavy atom. The van der Waals surface area contributed by atoms with Crippen LogP contribution in [0.5, 0.6) is 0 Å². The van der Waals surface area contributed by atoms with Crippen LogP contribution in [0.1, 0.15) is 19.3 Å². The van der Waals surface area contributed by atoms with Gasteiger partial charge in [-0.2, -0.15) is 26.8 Å². The molecule has 15 heteroatoms. The van der Waals surface area contributed by atoms with Gasteiger partial charge in [0.25, 0.3) is 20.2 Å². The number of rotatable bonds is 8. The molecular formula is C15H30N6O7S2. The van der Waals surface area contributed by atoms with Crippen LogP contribution in [0, 0.1) is 5.92 Å². The van der Waals surface area contributed by atoms with Gasteiger partial charge in [0.05, 0.1) is 11.5 Å². The fourth-order valence-electron chi connectivity index (χ4n) is 2.67. The van der Waals surface area contributed by atoms with Crippen LogP contribution in [-0.2, 0) is 20.2 Å². The van der Waals surface area contributed by atoms with Crippen molar-refractivity contribution in [2.24, 2.45) is 5.92 Å². The van der Waals surface area contributed by atoms with Crippen LogP contribution < -0.4 is 21.3 Å². The van der Waals surface area contributed by atoms with Crippen molar-refractivity contribution >= 4 is 37.8 Å². The zero-order chi connectivity index (χ0) is 21.7. The molecule has 2 heterocycles. The van der Waals surface area contributed by atoms with Gasteiger partial charge in [0, 0.05) is 31.7 Å². The second-order valence-corrected chi connectivity index (χ2v) is 10.2. The zero-order valence-corrected chi connectivity index (χ0v) is 18.3. The second-order valence-electron chi connectivity index (χ2n) is 7.09. The van der Waals surface area contributed by atoms with E-state index in [1.807, 2.05) is 13.1 Å². The van der Waals surface area contributed by atoms with Crippen molar-refractivity contribution in [3.63, 3.8) is 0 Å². The van der Waals surface area contributed by atoms with Gasteiger partial charge in [0.1, 0.15) is 11.6 Å². The first kappa shape index (κ1) is 26.3. The van der Waals surface area contributed by atoms with E-state index in [2.05, 4.69) is 25.5 Å². The van der Waals surface area contributed by atoms with Crippen molar-refractivity contribution in [3.05, 3.63) is 6.07 Å². The lowest BCUT2D eigenvalue weighted by Gasteiger charge is -2.18. The van der Waals surface area contributed by atoms with Gasteiger partial charge in [-0.25, -0.2) is 0 Å². The summed E-state index contributed by atoms with van der Waals surface area (Å²) in [6.45, 7) is 2.96. The van der Waals surface area contributed by atoms with E-state index in [1.165, 1.54) is 12.8 Å². The standard InChI is InChI=1S/C13H22N6.C2H6O6S2.H2O/c1-15-10-4-5-19(8-10)12-6-11(14)17-13(18-12)16-7-9-2-3-9;3-9(4,5)1-2-10(6,7)8;/h6,9-10,15H,2-5,7-8H2,1H3,(H3,14,16,17,18);1-2H2,(H,3,4,5)(H,6,7,8);1H2/t10-;;/m1../s1. The molecule has 174 valence electrons. The number of anilines is 3. The molecule has 1 aliphatic carbocycles. The first-order valence-electron chi connectivity index (χ1n) is 9.16. The monoisotopic (exact) mass is 470 g/mol. The number of nitrogen functional groups attached to an aromatic ring is 1. The minimum Gasteiger partial charge on any atom is -0.412 e. The Morgan fingerprint density at radius 1 is 1.13 bits per heavy atom. The maximum absolute atomic E-state index is 9.86. The predicted octanol–water partition coefficient (Wildman–Crippen LogP) is -1.38. The topological polar surface area (TPSA) is 219 Å². The molecule has 1 aromatic heterocycles. The summed E-state index contributed by atoms with van der Waals surface area (Å²) in [4.78, 5) is 11.1. The molecule has 1 aromatic rings. The average molecular weight is 471 g/mol. The molecule has 1 atom stereocenters. The third kappa shape index (κ3) is 10.3. The predicted molar refractivity (Wildman–Crippen MR) is 114 cm³/mol. The number of nitrogens with two attached hydrogens (primary N) is 1. The molecule has 1 saturated carbocycles. The molecule has 13 nitrogen and oxygen atoms in total. The van der Waals surface area contributed by atoms with Gasteiger partial charge in [-0.3, -0.25) is 9.11 Å². The van der Waals surface area contributed by atoms with Crippen LogP contribution in [0.25, 0.3) is 0 Å². The lowest BCUT2D eigenvalue weighted by Crippen LogP contribution is -2.30. The molecule has 2 fully saturated rings. The quantitative estimate of drug-likeness (QED) is 0.277. The minimum absolute atomic E-state index is 0. The van der Waals surface area contributed by atoms with Crippen molar-refractivity contribution < 1.29 is 31.4 Å². The van der Waals surface area contributed by atoms with Crippen molar-refractivity contribution in [2.45, 2.75) is 25.3 Å². The van der Waals surface area contributed by atoms with Crippen molar-refractivity contribution in [1.29, 1.82) is 0 Å². The van der Waals surface area contributed by atoms with Gasteiger partial charge >= 0.3 is 0 Å². The number of nitrogens with one attached hydrogen (secondary N) is 2. The zero-order valence-electron chi connectivity index (χ0n) is 16.7. The molecule has 8 N–H and O–H groups in total. The maximum atomic E-state index is 9.86. The van der Waals surface area contributed by atoms with E-state index in [9.17, 15) is 16.8 Å². The van der Waals surface area contributed by atoms with E-state index in [0.717, 1.165) is 37.8 Å². The molecule has 30 heavy (non-hydrogen) atoms. The van der Waals surface area contributed by atoms with Crippen molar-refractivity contribution in [3.8, 4) is 0 Å². The van der Waals surface area contributed by atoms with Crippen LogP contribution in [0.15, 0.2) is 6.07 Å². The Morgan fingerprint density at radius 2 is 1.73 bits per heavy atom. The SMILES string of the molecule is CN[C@@H]1CCN(c2cc(N)nc(NCC3CC3)n2)C1.O.O=S(=O)(O)CCS(=O)(=O)O. The Hall–Kier alpha value is -1.78. The van der Waals surface area contributed by atoms with Crippen LogP contribution in [0.2, 0.25) is 0 Å². The van der Waals surface area contributed by atoms with Crippen LogP contribution in [0.3, 0.4) is 0 Å². The summed E-state index contributed by atoms with van der Waals surface area (Å²) in [5, 5.41) is 6.60. The summed E-state index contributed by atoms with van der Waals surface area (Å²) in [5.41, 5.74) is 5.88. The third-order valence-electron chi connectivity index (χ3n) is 4.50. The molecule has 0 bridgehead atoms. The van der Waals surface area contributed by atoms with Crippen LogP contribution >= 0.6 is 0 Å². The first-order valence-corrected chi connectivity index (χ1v) is 12.4. The molecule has 3 rings (SSSR count). The van der Waals surface area contributed by atoms with Crippen LogP contribution in [-0.4, -0.2) is 85.6 Å². The largest absolute Gasteiger partial charge is 0.412 e. The maximum Gasteiger partial charge on any atom is 0.265 e. The fraction of sp³-hybridized carbons (Fsp3) is 0.733. The molecule has 2 aliphatic rings. The number of aromatic nitrogens is 2. The Bertz CT molecular complexity index is 861. The van der Waals surface area contributed by atoms with E-state index >= 15 is 0 Å². The third-order valence-corrected chi connectivity index (χ3v) is 6.20. The van der Waals surface area contributed by atoms with E-state index in [0.29, 0.717) is 17.8 Å². The normalized spacial score (nSPS) is 18.9. The summed E-state index contributed by atoms with van der Waals surface area (Å²) in [5.74, 6) is 0.973. The average Bonchev–Trinajstić information content (AvgIpc) is 3.32. The van der Waals surface area contributed by atoms with E-state index in [4.69, 9.17) is 14.8 Å². The van der Waals surface area contributed by atoms with Gasteiger partial charge in [-0.05, 0) is 32.2 Å². The molecule has 1 aliphatic heterocycles. The van der Waals surface area contributed by atoms with Crippen molar-refractivity contribution in [1.82, 2.24) is 15.3 Å². The van der Waals surface area contributed by atoms with Crippen LogP contribution in [0.4, 0.5) is 17.6 Å². The highest BCUT2D eigenvalue weighted by Crippen LogP contribution is 2.29. The molecule has 0 aromatic carbocycles. The minimum atomic E-state index is -4.30. The summed E-state index contributed by atoms with van der Waals surface area (Å²) in [6, 6.07) is 2.40. The summed E-state index contributed by atoms with van der Waals surface area (Å²) < 4.78 is 55.4. The lowest BCUT2D eigenvalue weighted by atomic mass is 10.3.